The molecular formula is C21H33N3OS. The van der Waals surface area contributed by atoms with Crippen molar-refractivity contribution in [2.75, 3.05) is 6.67 Å². The van der Waals surface area contributed by atoms with E-state index >= 15 is 0 Å². The predicted molar refractivity (Wildman–Crippen MR) is 117 cm³/mol. The Morgan fingerprint density at radius 3 is 2.77 bits per heavy atom. The van der Waals surface area contributed by atoms with Crippen molar-refractivity contribution in [1.29, 1.82) is 0 Å². The van der Waals surface area contributed by atoms with Crippen molar-refractivity contribution in [3.8, 4) is 0 Å². The molecule has 0 unspecified atom stereocenters. The molecule has 0 radical (unpaired) electrons. The molecule has 0 aromatic carbocycles. The lowest BCUT2D eigenvalue weighted by molar-refractivity contribution is -0.117. The van der Waals surface area contributed by atoms with Gasteiger partial charge < -0.3 is 10.6 Å². The van der Waals surface area contributed by atoms with Crippen LogP contribution in [0.15, 0.2) is 64.2 Å². The van der Waals surface area contributed by atoms with Gasteiger partial charge >= 0.3 is 0 Å². The molecule has 1 heterocycles. The van der Waals surface area contributed by atoms with Gasteiger partial charge in [0.2, 0.25) is 0 Å². The third kappa shape index (κ3) is 10.8. The largest absolute Gasteiger partial charge is 0.353 e. The van der Waals surface area contributed by atoms with E-state index in [4.69, 9.17) is 0 Å². The fraction of sp³-hybridized carbons (Fsp3) is 0.429. The van der Waals surface area contributed by atoms with Crippen molar-refractivity contribution in [1.82, 2.24) is 10.6 Å². The Labute approximate surface area is 163 Å². The van der Waals surface area contributed by atoms with E-state index < -0.39 is 0 Å². The van der Waals surface area contributed by atoms with Gasteiger partial charge in [0, 0.05) is 23.1 Å². The maximum atomic E-state index is 12.3. The molecule has 0 aliphatic carbocycles. The molecule has 0 spiro atoms. The number of thioether (sulfide) groups is 1. The van der Waals surface area contributed by atoms with Crippen molar-refractivity contribution in [3.63, 3.8) is 0 Å². The topological polar surface area (TPSA) is 53.5 Å². The summed E-state index contributed by atoms with van der Waals surface area (Å²) in [5, 5.41) is 7.92. The van der Waals surface area contributed by atoms with Crippen LogP contribution in [0.2, 0.25) is 0 Å². The first-order chi connectivity index (χ1) is 12.5. The van der Waals surface area contributed by atoms with Crippen LogP contribution in [0.25, 0.3) is 0 Å². The van der Waals surface area contributed by atoms with Crippen molar-refractivity contribution in [2.45, 2.75) is 47.0 Å². The smallest absolute Gasteiger partial charge is 0.253 e. The molecule has 1 aliphatic heterocycles. The van der Waals surface area contributed by atoms with Gasteiger partial charge in [-0.1, -0.05) is 64.3 Å². The first-order valence-electron chi connectivity index (χ1n) is 9.11. The molecule has 0 saturated carbocycles. The summed E-state index contributed by atoms with van der Waals surface area (Å²) in [4.78, 5) is 17.5. The number of hydrogen-bond acceptors (Lipinski definition) is 4. The molecular weight excluding hydrogens is 342 g/mol. The second kappa shape index (κ2) is 15.3. The predicted octanol–water partition coefficient (Wildman–Crippen LogP) is 5.30. The zero-order valence-corrected chi connectivity index (χ0v) is 17.4. The SMILES string of the molecule is C=CC/C=C\SC(=C)/C1=C/C/C=N\C(=C\CC(C)C)NCNC1=O.CC. The van der Waals surface area contributed by atoms with Gasteiger partial charge in [-0.2, -0.15) is 0 Å². The first kappa shape index (κ1) is 24.0. The van der Waals surface area contributed by atoms with Crippen LogP contribution in [0.1, 0.15) is 47.0 Å². The Hall–Kier alpha value is -2.01. The fourth-order valence-corrected chi connectivity index (χ4v) is 2.50. The van der Waals surface area contributed by atoms with Crippen LogP contribution in [0.3, 0.4) is 0 Å². The standard InChI is InChI=1S/C19H27N3OS.C2H6/c1-5-6-7-13-24-16(4)17-9-8-12-20-18(11-10-15(2)3)21-14-22-19(17)23;1-2/h5,7,9,11-13,15,21H,1,4,6,8,10,14H2,2-3H3,(H,22,23);1-2H3/b13-7-,17-9-,18-11-,20-12-;. The zero-order chi connectivity index (χ0) is 19.8. The Morgan fingerprint density at radius 1 is 1.38 bits per heavy atom. The zero-order valence-electron chi connectivity index (χ0n) is 16.5. The minimum absolute atomic E-state index is 0.129. The molecule has 144 valence electrons. The van der Waals surface area contributed by atoms with E-state index in [0.717, 1.165) is 23.6 Å². The van der Waals surface area contributed by atoms with E-state index in [1.807, 2.05) is 43.7 Å². The van der Waals surface area contributed by atoms with E-state index in [1.54, 1.807) is 0 Å². The highest BCUT2D eigenvalue weighted by atomic mass is 32.2. The highest BCUT2D eigenvalue weighted by Crippen LogP contribution is 2.24. The van der Waals surface area contributed by atoms with Crippen molar-refractivity contribution in [3.05, 3.63) is 59.2 Å². The summed E-state index contributed by atoms with van der Waals surface area (Å²) >= 11 is 1.44. The third-order valence-corrected chi connectivity index (χ3v) is 3.95. The van der Waals surface area contributed by atoms with Crippen LogP contribution < -0.4 is 10.6 Å². The fourth-order valence-electron chi connectivity index (χ4n) is 1.83. The second-order valence-electron chi connectivity index (χ2n) is 5.68. The number of carbonyl (C=O) groups excluding carboxylic acids is 1. The molecule has 0 atom stereocenters. The summed E-state index contributed by atoms with van der Waals surface area (Å²) in [7, 11) is 0. The number of carbonyl (C=O) groups is 1. The minimum atomic E-state index is -0.129. The maximum absolute atomic E-state index is 12.3. The van der Waals surface area contributed by atoms with E-state index in [1.165, 1.54) is 11.8 Å². The summed E-state index contributed by atoms with van der Waals surface area (Å²) in [5.41, 5.74) is 0.589. The molecule has 0 aromatic rings. The summed E-state index contributed by atoms with van der Waals surface area (Å²) in [6.45, 7) is 16.3. The third-order valence-electron chi connectivity index (χ3n) is 3.11. The normalized spacial score (nSPS) is 19.7. The summed E-state index contributed by atoms with van der Waals surface area (Å²) in [5.74, 6) is 1.23. The van der Waals surface area contributed by atoms with Crippen LogP contribution in [0, 0.1) is 5.92 Å². The number of nitrogens with zero attached hydrogens (tertiary/aromatic N) is 1. The number of aliphatic imine (C=N–C) groups is 1. The van der Waals surface area contributed by atoms with Gasteiger partial charge in [-0.25, -0.2) is 4.99 Å². The molecule has 0 aromatic heterocycles. The number of amides is 1. The van der Waals surface area contributed by atoms with Crippen molar-refractivity contribution in [2.24, 2.45) is 10.9 Å². The van der Waals surface area contributed by atoms with Gasteiger partial charge in [-0.05, 0) is 30.2 Å². The molecule has 0 fully saturated rings. The highest BCUT2D eigenvalue weighted by Gasteiger charge is 2.12. The van der Waals surface area contributed by atoms with Crippen molar-refractivity contribution >= 4 is 23.9 Å². The van der Waals surface area contributed by atoms with Gasteiger partial charge in [-0.3, -0.25) is 4.79 Å². The maximum Gasteiger partial charge on any atom is 0.253 e. The second-order valence-corrected chi connectivity index (χ2v) is 6.68. The van der Waals surface area contributed by atoms with Gasteiger partial charge in [-0.15, -0.1) is 6.58 Å². The lowest BCUT2D eigenvalue weighted by Crippen LogP contribution is -2.34. The lowest BCUT2D eigenvalue weighted by Gasteiger charge is -2.13. The minimum Gasteiger partial charge on any atom is -0.353 e. The van der Waals surface area contributed by atoms with Gasteiger partial charge in [0.15, 0.2) is 0 Å². The number of rotatable bonds is 7. The molecule has 0 saturated heterocycles. The molecule has 2 N–H and O–H groups in total. The number of hydrogen-bond donors (Lipinski definition) is 2. The Kier molecular flexibility index (Phi) is 14.1. The summed E-state index contributed by atoms with van der Waals surface area (Å²) < 4.78 is 0. The van der Waals surface area contributed by atoms with Crippen molar-refractivity contribution < 1.29 is 4.79 Å². The van der Waals surface area contributed by atoms with E-state index in [9.17, 15) is 4.79 Å². The molecule has 0 bridgehead atoms. The van der Waals surface area contributed by atoms with Crippen LogP contribution in [-0.2, 0) is 4.79 Å². The van der Waals surface area contributed by atoms with Gasteiger partial charge in [0.1, 0.15) is 5.82 Å². The lowest BCUT2D eigenvalue weighted by atomic mass is 10.1. The Bertz CT molecular complexity index is 572. The van der Waals surface area contributed by atoms with E-state index in [2.05, 4.69) is 48.7 Å². The average molecular weight is 376 g/mol. The first-order valence-corrected chi connectivity index (χ1v) is 9.99. The molecule has 1 aliphatic rings. The average Bonchev–Trinajstić information content (AvgIpc) is 2.63. The molecule has 5 heteroatoms. The molecule has 1 rings (SSSR count). The van der Waals surface area contributed by atoms with Gasteiger partial charge in [0.25, 0.3) is 5.91 Å². The molecule has 1 amide bonds. The number of allylic oxidation sites excluding steroid dienone is 4. The van der Waals surface area contributed by atoms with E-state index in [0.29, 0.717) is 24.6 Å². The summed E-state index contributed by atoms with van der Waals surface area (Å²) in [6, 6.07) is 0. The van der Waals surface area contributed by atoms with Crippen LogP contribution in [0.4, 0.5) is 0 Å². The van der Waals surface area contributed by atoms with E-state index in [-0.39, 0.29) is 5.91 Å². The molecule has 4 nitrogen and oxygen atoms in total. The van der Waals surface area contributed by atoms with Crippen LogP contribution in [-0.4, -0.2) is 18.8 Å². The molecule has 26 heavy (non-hydrogen) atoms. The Morgan fingerprint density at radius 2 is 2.12 bits per heavy atom. The number of nitrogens with one attached hydrogen (secondary N) is 2. The summed E-state index contributed by atoms with van der Waals surface area (Å²) in [6.07, 6.45) is 11.9. The quantitative estimate of drug-likeness (QED) is 0.594. The Balaban J connectivity index is 0.00000301. The van der Waals surface area contributed by atoms with Gasteiger partial charge in [0.05, 0.1) is 6.67 Å². The highest BCUT2D eigenvalue weighted by molar-refractivity contribution is 8.06. The van der Waals surface area contributed by atoms with Crippen LogP contribution in [0.5, 0.6) is 0 Å². The monoisotopic (exact) mass is 375 g/mol. The van der Waals surface area contributed by atoms with Crippen LogP contribution >= 0.6 is 11.8 Å².